The van der Waals surface area contributed by atoms with Gasteiger partial charge in [0.05, 0.1) is 29.1 Å². The molecule has 1 unspecified atom stereocenters. The number of sulfonamides is 1. The Hall–Kier alpha value is -2.78. The molecule has 0 bridgehead atoms. The van der Waals surface area contributed by atoms with Crippen LogP contribution in [0.2, 0.25) is 0 Å². The minimum absolute atomic E-state index is 0.00896. The van der Waals surface area contributed by atoms with Gasteiger partial charge in [-0.3, -0.25) is 0 Å². The molecule has 1 aromatic heterocycles. The number of nitrogens with one attached hydrogen (secondary N) is 3. The fourth-order valence-corrected chi connectivity index (χ4v) is 4.78. The van der Waals surface area contributed by atoms with Crippen molar-refractivity contribution in [3.63, 3.8) is 0 Å². The number of fused-ring (bicyclic) bond motifs is 2. The Morgan fingerprint density at radius 1 is 0.966 bits per heavy atom. The molecule has 3 N–H and O–H groups in total. The van der Waals surface area contributed by atoms with E-state index in [4.69, 9.17) is 9.47 Å². The highest BCUT2D eigenvalue weighted by molar-refractivity contribution is 7.89. The normalized spacial score (nSPS) is 15.4. The van der Waals surface area contributed by atoms with E-state index in [1.54, 1.807) is 6.07 Å². The zero-order valence-corrected chi connectivity index (χ0v) is 17.0. The van der Waals surface area contributed by atoms with E-state index in [0.717, 1.165) is 12.0 Å². The van der Waals surface area contributed by atoms with Crippen LogP contribution in [-0.4, -0.2) is 31.6 Å². The third-order valence-electron chi connectivity index (χ3n) is 4.88. The quantitative estimate of drug-likeness (QED) is 0.591. The van der Waals surface area contributed by atoms with Gasteiger partial charge in [0, 0.05) is 12.5 Å². The summed E-state index contributed by atoms with van der Waals surface area (Å²) < 4.78 is 40.3. The summed E-state index contributed by atoms with van der Waals surface area (Å²) in [6, 6.07) is 9.53. The lowest BCUT2D eigenvalue weighted by atomic mass is 9.97. The maximum Gasteiger partial charge on any atom is 0.323 e. The van der Waals surface area contributed by atoms with Crippen LogP contribution in [0.5, 0.6) is 11.5 Å². The van der Waals surface area contributed by atoms with Crippen molar-refractivity contribution in [1.29, 1.82) is 0 Å². The molecule has 3 aromatic rings. The van der Waals surface area contributed by atoms with Gasteiger partial charge in [0.15, 0.2) is 11.5 Å². The van der Waals surface area contributed by atoms with Gasteiger partial charge in [-0.05, 0) is 41.8 Å². The molecular weight excluding hydrogens is 394 g/mol. The van der Waals surface area contributed by atoms with Gasteiger partial charge in [-0.2, -0.15) is 0 Å². The van der Waals surface area contributed by atoms with Crippen LogP contribution in [0.4, 0.5) is 0 Å². The molecular formula is C20H23N3O5S. The Morgan fingerprint density at radius 3 is 2.45 bits per heavy atom. The summed E-state index contributed by atoms with van der Waals surface area (Å²) in [4.78, 5) is 16.7. The molecule has 4 rings (SSSR count). The van der Waals surface area contributed by atoms with E-state index in [2.05, 4.69) is 14.7 Å². The molecule has 0 saturated carbocycles. The Bertz CT molecular complexity index is 1200. The molecule has 1 aliphatic rings. The SMILES string of the molecule is CC(C)C(NS(=O)(=O)c1ccc2[nH]c(=O)[nH]c2c1)c1ccc2c(c1)OCCCO2. The number of aromatic amines is 2. The zero-order chi connectivity index (χ0) is 20.6. The average molecular weight is 417 g/mol. The highest BCUT2D eigenvalue weighted by Gasteiger charge is 2.26. The zero-order valence-electron chi connectivity index (χ0n) is 16.2. The number of benzene rings is 2. The molecule has 0 amide bonds. The summed E-state index contributed by atoms with van der Waals surface area (Å²) in [6.45, 7) is 5.05. The second-order valence-corrected chi connectivity index (χ2v) is 9.10. The Balaban J connectivity index is 1.66. The standard InChI is InChI=1S/C20H23N3O5S/c1-12(2)19(13-4-7-17-18(10-13)28-9-3-8-27-17)23-29(25,26)14-5-6-15-16(11-14)22-20(24)21-15/h4-7,10-12,19,23H,3,8-9H2,1-2H3,(H2,21,22,24). The first-order chi connectivity index (χ1) is 13.8. The van der Waals surface area contributed by atoms with Crippen molar-refractivity contribution >= 4 is 21.1 Å². The first-order valence-electron chi connectivity index (χ1n) is 9.47. The summed E-state index contributed by atoms with van der Waals surface area (Å²) >= 11 is 0. The van der Waals surface area contributed by atoms with E-state index < -0.39 is 16.1 Å². The van der Waals surface area contributed by atoms with Crippen LogP contribution in [0.15, 0.2) is 46.1 Å². The highest BCUT2D eigenvalue weighted by Crippen LogP contribution is 2.34. The van der Waals surface area contributed by atoms with Gasteiger partial charge < -0.3 is 19.4 Å². The van der Waals surface area contributed by atoms with E-state index in [0.29, 0.717) is 35.7 Å². The largest absolute Gasteiger partial charge is 0.490 e. The number of hydrogen-bond donors (Lipinski definition) is 3. The molecule has 2 heterocycles. The van der Waals surface area contributed by atoms with Crippen LogP contribution < -0.4 is 19.9 Å². The van der Waals surface area contributed by atoms with Crippen molar-refractivity contribution in [2.24, 2.45) is 5.92 Å². The molecule has 154 valence electrons. The topological polar surface area (TPSA) is 113 Å². The summed E-state index contributed by atoms with van der Waals surface area (Å²) in [6.07, 6.45) is 0.800. The Kier molecular flexibility index (Phi) is 5.10. The number of H-pyrrole nitrogens is 2. The summed E-state index contributed by atoms with van der Waals surface area (Å²) in [5, 5.41) is 0. The van der Waals surface area contributed by atoms with Crippen LogP contribution >= 0.6 is 0 Å². The van der Waals surface area contributed by atoms with Gasteiger partial charge >= 0.3 is 5.69 Å². The van der Waals surface area contributed by atoms with Crippen molar-refractivity contribution in [3.05, 3.63) is 52.4 Å². The van der Waals surface area contributed by atoms with Crippen LogP contribution in [0.1, 0.15) is 31.9 Å². The molecule has 8 nitrogen and oxygen atoms in total. The third kappa shape index (κ3) is 4.01. The molecule has 0 aliphatic carbocycles. The smallest absolute Gasteiger partial charge is 0.323 e. The summed E-state index contributed by atoms with van der Waals surface area (Å²) in [5.74, 6) is 1.28. The van der Waals surface area contributed by atoms with Gasteiger partial charge in [-0.1, -0.05) is 19.9 Å². The number of hydrogen-bond acceptors (Lipinski definition) is 5. The second-order valence-electron chi connectivity index (χ2n) is 7.39. The summed E-state index contributed by atoms with van der Waals surface area (Å²) in [5.41, 5.74) is 1.41. The average Bonchev–Trinajstić information content (AvgIpc) is 2.89. The molecule has 0 fully saturated rings. The molecule has 1 atom stereocenters. The Morgan fingerprint density at radius 2 is 1.69 bits per heavy atom. The fraction of sp³-hybridized carbons (Fsp3) is 0.350. The molecule has 0 saturated heterocycles. The van der Waals surface area contributed by atoms with E-state index in [9.17, 15) is 13.2 Å². The van der Waals surface area contributed by atoms with Crippen molar-refractivity contribution in [3.8, 4) is 11.5 Å². The first kappa shape index (κ1) is 19.5. The van der Waals surface area contributed by atoms with Crippen molar-refractivity contribution in [2.75, 3.05) is 13.2 Å². The van der Waals surface area contributed by atoms with Gasteiger partial charge in [0.25, 0.3) is 0 Å². The number of rotatable bonds is 5. The van der Waals surface area contributed by atoms with Crippen LogP contribution in [0, 0.1) is 5.92 Å². The lowest BCUT2D eigenvalue weighted by Crippen LogP contribution is -2.31. The van der Waals surface area contributed by atoms with Crippen LogP contribution in [0.3, 0.4) is 0 Å². The first-order valence-corrected chi connectivity index (χ1v) is 11.0. The van der Waals surface area contributed by atoms with Crippen molar-refractivity contribution in [1.82, 2.24) is 14.7 Å². The van der Waals surface area contributed by atoms with E-state index >= 15 is 0 Å². The predicted molar refractivity (Wildman–Crippen MR) is 109 cm³/mol. The lowest BCUT2D eigenvalue weighted by Gasteiger charge is -2.23. The van der Waals surface area contributed by atoms with Gasteiger partial charge in [0.1, 0.15) is 0 Å². The number of aromatic nitrogens is 2. The van der Waals surface area contributed by atoms with Gasteiger partial charge in [-0.25, -0.2) is 17.9 Å². The third-order valence-corrected chi connectivity index (χ3v) is 6.32. The van der Waals surface area contributed by atoms with Crippen LogP contribution in [-0.2, 0) is 10.0 Å². The number of ether oxygens (including phenoxy) is 2. The van der Waals surface area contributed by atoms with Crippen molar-refractivity contribution < 1.29 is 17.9 Å². The monoisotopic (exact) mass is 417 g/mol. The van der Waals surface area contributed by atoms with E-state index in [-0.39, 0.29) is 16.5 Å². The van der Waals surface area contributed by atoms with E-state index in [1.807, 2.05) is 32.0 Å². The maximum atomic E-state index is 13.0. The number of imidazole rings is 1. The molecule has 2 aromatic carbocycles. The summed E-state index contributed by atoms with van der Waals surface area (Å²) in [7, 11) is -3.82. The van der Waals surface area contributed by atoms with Crippen molar-refractivity contribution in [2.45, 2.75) is 31.2 Å². The minimum Gasteiger partial charge on any atom is -0.490 e. The predicted octanol–water partition coefficient (Wildman–Crippen LogP) is 2.69. The van der Waals surface area contributed by atoms with Crippen LogP contribution in [0.25, 0.3) is 11.0 Å². The lowest BCUT2D eigenvalue weighted by molar-refractivity contribution is 0.297. The molecule has 0 spiro atoms. The van der Waals surface area contributed by atoms with E-state index in [1.165, 1.54) is 12.1 Å². The maximum absolute atomic E-state index is 13.0. The Labute approximate surface area is 168 Å². The fourth-order valence-electron chi connectivity index (χ4n) is 3.38. The van der Waals surface area contributed by atoms with Gasteiger partial charge in [0.2, 0.25) is 10.0 Å². The molecule has 9 heteroatoms. The second kappa shape index (κ2) is 7.57. The molecule has 1 aliphatic heterocycles. The minimum atomic E-state index is -3.82. The molecule has 29 heavy (non-hydrogen) atoms. The highest BCUT2D eigenvalue weighted by atomic mass is 32.2. The molecule has 0 radical (unpaired) electrons. The van der Waals surface area contributed by atoms with Gasteiger partial charge in [-0.15, -0.1) is 0 Å².